The lowest BCUT2D eigenvalue weighted by Crippen LogP contribution is -2.43. The summed E-state index contributed by atoms with van der Waals surface area (Å²) in [6.07, 6.45) is 6.17. The van der Waals surface area contributed by atoms with Crippen LogP contribution in [0.15, 0.2) is 0 Å². The fourth-order valence-corrected chi connectivity index (χ4v) is 3.90. The van der Waals surface area contributed by atoms with Crippen LogP contribution in [0.3, 0.4) is 0 Å². The maximum Gasteiger partial charge on any atom is 0.306 e. The maximum absolute atomic E-state index is 11.4. The van der Waals surface area contributed by atoms with Crippen LogP contribution in [-0.4, -0.2) is 49.5 Å². The molecule has 3 aliphatic rings. The van der Waals surface area contributed by atoms with Crippen molar-refractivity contribution in [3.05, 3.63) is 0 Å². The Bertz CT molecular complexity index is 335. The molecule has 102 valence electrons. The second kappa shape index (κ2) is 5.02. The molecule has 4 atom stereocenters. The van der Waals surface area contributed by atoms with Crippen molar-refractivity contribution in [2.45, 2.75) is 44.0 Å². The van der Waals surface area contributed by atoms with E-state index in [0.717, 1.165) is 31.6 Å². The van der Waals surface area contributed by atoms with Gasteiger partial charge in [0.2, 0.25) is 0 Å². The van der Waals surface area contributed by atoms with Crippen LogP contribution in [-0.2, 0) is 19.0 Å². The molecule has 0 aromatic heterocycles. The zero-order valence-corrected chi connectivity index (χ0v) is 11.5. The van der Waals surface area contributed by atoms with E-state index in [2.05, 4.69) is 6.26 Å². The number of fused-ring (bicyclic) bond motifs is 3. The number of ether oxygens (including phenoxy) is 3. The summed E-state index contributed by atoms with van der Waals surface area (Å²) in [5.74, 6) is 1.06. The van der Waals surface area contributed by atoms with Gasteiger partial charge in [0.15, 0.2) is 0 Å². The number of cyclic esters (lactones) is 1. The minimum atomic E-state index is -0.0792. The smallest absolute Gasteiger partial charge is 0.306 e. The molecule has 5 heteroatoms. The molecule has 1 spiro atoms. The van der Waals surface area contributed by atoms with Crippen LogP contribution < -0.4 is 0 Å². The van der Waals surface area contributed by atoms with Crippen LogP contribution in [0.4, 0.5) is 0 Å². The van der Waals surface area contributed by atoms with E-state index in [1.807, 2.05) is 11.8 Å². The van der Waals surface area contributed by atoms with Gasteiger partial charge in [-0.25, -0.2) is 0 Å². The molecule has 0 amide bonds. The Balaban J connectivity index is 1.57. The van der Waals surface area contributed by atoms with Gasteiger partial charge in [0.25, 0.3) is 0 Å². The van der Waals surface area contributed by atoms with E-state index in [1.165, 1.54) is 0 Å². The Hall–Kier alpha value is -0.260. The van der Waals surface area contributed by atoms with Crippen molar-refractivity contribution in [2.24, 2.45) is 5.41 Å². The summed E-state index contributed by atoms with van der Waals surface area (Å²) in [5.41, 5.74) is -0.0792. The standard InChI is InChI=1S/C13H20O4S/c1-18-4-2-3-15-10-5-9-6-13(12(10)17-9)7-11(14)16-8-13/h9-10,12H,2-8H2,1H3. The van der Waals surface area contributed by atoms with Gasteiger partial charge in [-0.15, -0.1) is 0 Å². The van der Waals surface area contributed by atoms with Gasteiger partial charge in [-0.05, 0) is 24.9 Å². The normalized spacial score (nSPS) is 41.8. The molecule has 3 aliphatic heterocycles. The zero-order valence-electron chi connectivity index (χ0n) is 10.7. The first kappa shape index (κ1) is 12.8. The number of carbonyl (C=O) groups excluding carboxylic acids is 1. The summed E-state index contributed by atoms with van der Waals surface area (Å²) in [6, 6.07) is 0. The van der Waals surface area contributed by atoms with E-state index in [0.29, 0.717) is 13.0 Å². The fourth-order valence-electron chi connectivity index (χ4n) is 3.49. The molecular formula is C13H20O4S. The third kappa shape index (κ3) is 2.17. The van der Waals surface area contributed by atoms with Crippen molar-refractivity contribution in [1.29, 1.82) is 0 Å². The van der Waals surface area contributed by atoms with Crippen molar-refractivity contribution in [3.63, 3.8) is 0 Å². The first-order valence-corrected chi connectivity index (χ1v) is 8.04. The van der Waals surface area contributed by atoms with Crippen LogP contribution >= 0.6 is 11.8 Å². The number of esters is 1. The first-order chi connectivity index (χ1) is 8.73. The van der Waals surface area contributed by atoms with Crippen molar-refractivity contribution in [2.75, 3.05) is 25.2 Å². The number of carbonyl (C=O) groups is 1. The summed E-state index contributed by atoms with van der Waals surface area (Å²) in [5, 5.41) is 0. The van der Waals surface area contributed by atoms with E-state index in [-0.39, 0.29) is 29.7 Å². The van der Waals surface area contributed by atoms with Gasteiger partial charge in [0.05, 0.1) is 24.7 Å². The minimum Gasteiger partial charge on any atom is -0.465 e. The molecule has 3 rings (SSSR count). The molecule has 18 heavy (non-hydrogen) atoms. The summed E-state index contributed by atoms with van der Waals surface area (Å²) in [6.45, 7) is 1.32. The van der Waals surface area contributed by atoms with Crippen molar-refractivity contribution in [3.8, 4) is 0 Å². The van der Waals surface area contributed by atoms with Gasteiger partial charge >= 0.3 is 5.97 Å². The van der Waals surface area contributed by atoms with Crippen LogP contribution in [0.25, 0.3) is 0 Å². The predicted octanol–water partition coefficient (Wildman–Crippen LogP) is 1.62. The summed E-state index contributed by atoms with van der Waals surface area (Å²) >= 11 is 1.84. The maximum atomic E-state index is 11.4. The number of hydrogen-bond acceptors (Lipinski definition) is 5. The minimum absolute atomic E-state index is 0.0724. The summed E-state index contributed by atoms with van der Waals surface area (Å²) < 4.78 is 17.1. The van der Waals surface area contributed by atoms with Crippen LogP contribution in [0.1, 0.15) is 25.7 Å². The molecule has 0 aromatic rings. The van der Waals surface area contributed by atoms with Gasteiger partial charge < -0.3 is 14.2 Å². The first-order valence-electron chi connectivity index (χ1n) is 6.65. The zero-order chi connectivity index (χ0) is 12.6. The highest BCUT2D eigenvalue weighted by atomic mass is 32.2. The topological polar surface area (TPSA) is 44.8 Å². The van der Waals surface area contributed by atoms with E-state index in [4.69, 9.17) is 14.2 Å². The Morgan fingerprint density at radius 2 is 2.44 bits per heavy atom. The summed E-state index contributed by atoms with van der Waals surface area (Å²) in [4.78, 5) is 11.4. The lowest BCUT2D eigenvalue weighted by molar-refractivity contribution is -0.137. The molecule has 0 radical (unpaired) electrons. The van der Waals surface area contributed by atoms with E-state index < -0.39 is 0 Å². The highest BCUT2D eigenvalue weighted by Crippen LogP contribution is 2.53. The summed E-state index contributed by atoms with van der Waals surface area (Å²) in [7, 11) is 0. The molecule has 4 nitrogen and oxygen atoms in total. The SMILES string of the molecule is CSCCCOC1CC2CC3(COC(=O)C3)C1O2. The monoisotopic (exact) mass is 272 g/mol. The Labute approximate surface area is 112 Å². The van der Waals surface area contributed by atoms with Gasteiger partial charge in [0, 0.05) is 18.4 Å². The van der Waals surface area contributed by atoms with E-state index >= 15 is 0 Å². The van der Waals surface area contributed by atoms with Gasteiger partial charge in [0.1, 0.15) is 6.61 Å². The van der Waals surface area contributed by atoms with Gasteiger partial charge in [-0.3, -0.25) is 4.79 Å². The number of rotatable bonds is 5. The van der Waals surface area contributed by atoms with Gasteiger partial charge in [-0.1, -0.05) is 0 Å². The molecule has 0 aliphatic carbocycles. The highest BCUT2D eigenvalue weighted by molar-refractivity contribution is 7.98. The van der Waals surface area contributed by atoms with Crippen molar-refractivity contribution in [1.82, 2.24) is 0 Å². The highest BCUT2D eigenvalue weighted by Gasteiger charge is 2.61. The Morgan fingerprint density at radius 3 is 3.11 bits per heavy atom. The molecule has 2 bridgehead atoms. The van der Waals surface area contributed by atoms with Crippen LogP contribution in [0.5, 0.6) is 0 Å². The average molecular weight is 272 g/mol. The molecule has 0 aromatic carbocycles. The molecule has 4 unspecified atom stereocenters. The second-order valence-corrected chi connectivity index (χ2v) is 6.56. The largest absolute Gasteiger partial charge is 0.465 e. The van der Waals surface area contributed by atoms with Crippen LogP contribution in [0, 0.1) is 5.41 Å². The van der Waals surface area contributed by atoms with Crippen molar-refractivity contribution >= 4 is 17.7 Å². The molecular weight excluding hydrogens is 252 g/mol. The third-order valence-electron chi connectivity index (χ3n) is 4.25. The van der Waals surface area contributed by atoms with Gasteiger partial charge in [-0.2, -0.15) is 11.8 Å². The number of hydrogen-bond donors (Lipinski definition) is 0. The van der Waals surface area contributed by atoms with Crippen LogP contribution in [0.2, 0.25) is 0 Å². The predicted molar refractivity (Wildman–Crippen MR) is 68.6 cm³/mol. The lowest BCUT2D eigenvalue weighted by Gasteiger charge is -2.33. The average Bonchev–Trinajstić information content (AvgIpc) is 3.00. The molecule has 0 N–H and O–H groups in total. The number of thioether (sulfide) groups is 1. The Morgan fingerprint density at radius 1 is 1.56 bits per heavy atom. The Kier molecular flexibility index (Phi) is 3.56. The third-order valence-corrected chi connectivity index (χ3v) is 4.95. The quantitative estimate of drug-likeness (QED) is 0.562. The fraction of sp³-hybridized carbons (Fsp3) is 0.923. The lowest BCUT2D eigenvalue weighted by atomic mass is 9.72. The molecule has 3 saturated heterocycles. The molecule has 0 saturated carbocycles. The van der Waals surface area contributed by atoms with E-state index in [1.54, 1.807) is 0 Å². The van der Waals surface area contributed by atoms with Crippen molar-refractivity contribution < 1.29 is 19.0 Å². The second-order valence-electron chi connectivity index (χ2n) is 5.57. The molecule has 3 heterocycles. The molecule has 3 fully saturated rings. The van der Waals surface area contributed by atoms with E-state index in [9.17, 15) is 4.79 Å².